The Morgan fingerprint density at radius 2 is 1.55 bits per heavy atom. The summed E-state index contributed by atoms with van der Waals surface area (Å²) in [6.07, 6.45) is 1.36. The van der Waals surface area contributed by atoms with Gasteiger partial charge in [0.15, 0.2) is 0 Å². The zero-order valence-electron chi connectivity index (χ0n) is 16.2. The van der Waals surface area contributed by atoms with Gasteiger partial charge in [-0.1, -0.05) is 71.2 Å². The highest BCUT2D eigenvalue weighted by Gasteiger charge is 2.20. The number of carbonyl (C=O) groups excluding carboxylic acids is 1. The fourth-order valence-corrected chi connectivity index (χ4v) is 4.04. The first-order valence-corrected chi connectivity index (χ1v) is 10.7. The number of benzene rings is 3. The van der Waals surface area contributed by atoms with Crippen LogP contribution in [0.5, 0.6) is 0 Å². The molecule has 0 radical (unpaired) electrons. The molecule has 0 saturated carbocycles. The van der Waals surface area contributed by atoms with Crippen LogP contribution in [0.3, 0.4) is 0 Å². The second kappa shape index (κ2) is 9.28. The molecule has 2 N–H and O–H groups in total. The molecule has 3 aromatic carbocycles. The number of carbonyl (C=O) groups is 1. The van der Waals surface area contributed by atoms with Crippen LogP contribution in [-0.2, 0) is 6.42 Å². The lowest BCUT2D eigenvalue weighted by Crippen LogP contribution is -2.41. The summed E-state index contributed by atoms with van der Waals surface area (Å²) in [5, 5.41) is 20.1. The number of urea groups is 1. The molecule has 31 heavy (non-hydrogen) atoms. The molecule has 1 atom stereocenters. The lowest BCUT2D eigenvalue weighted by molar-refractivity contribution is 0.220. The summed E-state index contributed by atoms with van der Waals surface area (Å²) in [7, 11) is 0. The molecule has 1 aliphatic rings. The van der Waals surface area contributed by atoms with E-state index < -0.39 is 6.10 Å². The second-order valence-electron chi connectivity index (χ2n) is 7.06. The Kier molecular flexibility index (Phi) is 6.49. The molecule has 3 aromatic rings. The number of nitrogens with one attached hydrogen (secondary N) is 1. The Labute approximate surface area is 194 Å². The Morgan fingerprint density at radius 1 is 0.968 bits per heavy atom. The van der Waals surface area contributed by atoms with Crippen molar-refractivity contribution in [2.75, 3.05) is 11.6 Å². The van der Waals surface area contributed by atoms with Gasteiger partial charge in [-0.3, -0.25) is 0 Å². The average Bonchev–Trinajstić information content (AvgIpc) is 2.77. The lowest BCUT2D eigenvalue weighted by atomic mass is 9.98. The van der Waals surface area contributed by atoms with Crippen LogP contribution in [0.15, 0.2) is 65.8 Å². The van der Waals surface area contributed by atoms with Crippen LogP contribution in [0.25, 0.3) is 0 Å². The third-order valence-corrected chi connectivity index (χ3v) is 5.89. The van der Waals surface area contributed by atoms with Gasteiger partial charge in [0, 0.05) is 27.7 Å². The molecular formula is C23H18Cl3N3O2. The van der Waals surface area contributed by atoms with E-state index in [0.29, 0.717) is 33.7 Å². The van der Waals surface area contributed by atoms with E-state index in [1.165, 1.54) is 5.01 Å². The molecule has 0 saturated heterocycles. The van der Waals surface area contributed by atoms with Crippen molar-refractivity contribution in [2.45, 2.75) is 12.5 Å². The molecule has 0 spiro atoms. The van der Waals surface area contributed by atoms with Gasteiger partial charge in [0.05, 0.1) is 12.2 Å². The SMILES string of the molecule is O=C1NCC=NN1c1cc(Cl)c(Cc2ccc(C(O)c3ccc(Cl)cc3)cc2)c(Cl)c1. The van der Waals surface area contributed by atoms with E-state index in [9.17, 15) is 9.90 Å². The molecule has 0 aliphatic carbocycles. The zero-order valence-corrected chi connectivity index (χ0v) is 18.5. The number of rotatable bonds is 5. The second-order valence-corrected chi connectivity index (χ2v) is 8.31. The van der Waals surface area contributed by atoms with Gasteiger partial charge in [0.2, 0.25) is 0 Å². The molecule has 1 unspecified atom stereocenters. The summed E-state index contributed by atoms with van der Waals surface area (Å²) in [6, 6.07) is 17.7. The van der Waals surface area contributed by atoms with Crippen molar-refractivity contribution in [3.8, 4) is 0 Å². The largest absolute Gasteiger partial charge is 0.384 e. The minimum absolute atomic E-state index is 0.336. The summed E-state index contributed by atoms with van der Waals surface area (Å²) in [4.78, 5) is 12.0. The van der Waals surface area contributed by atoms with Crippen LogP contribution in [0.4, 0.5) is 10.5 Å². The number of halogens is 3. The van der Waals surface area contributed by atoms with Gasteiger partial charge in [-0.15, -0.1) is 0 Å². The first-order valence-electron chi connectivity index (χ1n) is 9.53. The summed E-state index contributed by atoms with van der Waals surface area (Å²) in [5.41, 5.74) is 3.77. The smallest absolute Gasteiger partial charge is 0.342 e. The topological polar surface area (TPSA) is 64.9 Å². The fourth-order valence-electron chi connectivity index (χ4n) is 3.31. The highest BCUT2D eigenvalue weighted by Crippen LogP contribution is 2.33. The third-order valence-electron chi connectivity index (χ3n) is 4.97. The van der Waals surface area contributed by atoms with Gasteiger partial charge in [0.1, 0.15) is 6.10 Å². The zero-order chi connectivity index (χ0) is 22.0. The predicted octanol–water partition coefficient (Wildman–Crippen LogP) is 5.83. The quantitative estimate of drug-likeness (QED) is 0.488. The lowest BCUT2D eigenvalue weighted by Gasteiger charge is -2.22. The van der Waals surface area contributed by atoms with Crippen LogP contribution < -0.4 is 10.3 Å². The van der Waals surface area contributed by atoms with Crippen molar-refractivity contribution < 1.29 is 9.90 Å². The summed E-state index contributed by atoms with van der Waals surface area (Å²) in [6.45, 7) is 0.387. The van der Waals surface area contributed by atoms with E-state index in [-0.39, 0.29) is 6.03 Å². The first-order chi connectivity index (χ1) is 14.9. The van der Waals surface area contributed by atoms with Gasteiger partial charge in [0.25, 0.3) is 0 Å². The molecule has 0 aromatic heterocycles. The number of anilines is 1. The monoisotopic (exact) mass is 473 g/mol. The number of hydrogen-bond donors (Lipinski definition) is 2. The van der Waals surface area contributed by atoms with Crippen LogP contribution >= 0.6 is 34.8 Å². The van der Waals surface area contributed by atoms with E-state index in [1.807, 2.05) is 24.3 Å². The highest BCUT2D eigenvalue weighted by atomic mass is 35.5. The van der Waals surface area contributed by atoms with Crippen LogP contribution in [-0.4, -0.2) is 23.9 Å². The Bertz CT molecular complexity index is 1110. The third kappa shape index (κ3) is 4.86. The van der Waals surface area contributed by atoms with E-state index in [2.05, 4.69) is 10.4 Å². The number of hydrogen-bond acceptors (Lipinski definition) is 3. The first kappa shape index (κ1) is 21.7. The Hall–Kier alpha value is -2.57. The molecule has 158 valence electrons. The predicted molar refractivity (Wildman–Crippen MR) is 126 cm³/mol. The Balaban J connectivity index is 1.52. The van der Waals surface area contributed by atoms with Gasteiger partial charge >= 0.3 is 6.03 Å². The number of aliphatic hydroxyl groups excluding tert-OH is 1. The minimum Gasteiger partial charge on any atom is -0.384 e. The molecular weight excluding hydrogens is 457 g/mol. The van der Waals surface area contributed by atoms with E-state index in [1.54, 1.807) is 42.6 Å². The molecule has 0 bridgehead atoms. The van der Waals surface area contributed by atoms with Gasteiger partial charge < -0.3 is 10.4 Å². The highest BCUT2D eigenvalue weighted by molar-refractivity contribution is 6.36. The molecule has 0 fully saturated rings. The molecule has 4 rings (SSSR count). The standard InChI is InChI=1S/C23H18Cl3N3O2/c24-17-7-5-16(6-8-17)22(30)15-3-1-14(2-4-15)11-19-20(25)12-18(13-21(19)26)29-23(31)27-9-10-28-29/h1-8,10,12-13,22,30H,9,11H2,(H,27,31). The maximum atomic E-state index is 12.0. The van der Waals surface area contributed by atoms with Gasteiger partial charge in [-0.05, 0) is 46.5 Å². The number of aliphatic hydroxyl groups is 1. The number of nitrogens with zero attached hydrogens (tertiary/aromatic N) is 2. The van der Waals surface area contributed by atoms with Gasteiger partial charge in [-0.25, -0.2) is 4.79 Å². The van der Waals surface area contributed by atoms with Gasteiger partial charge in [-0.2, -0.15) is 10.1 Å². The van der Waals surface area contributed by atoms with E-state index >= 15 is 0 Å². The molecule has 1 aliphatic heterocycles. The number of amides is 2. The van der Waals surface area contributed by atoms with Crippen molar-refractivity contribution in [3.63, 3.8) is 0 Å². The van der Waals surface area contributed by atoms with Crippen LogP contribution in [0.2, 0.25) is 15.1 Å². The molecule has 2 amide bonds. The van der Waals surface area contributed by atoms with Crippen molar-refractivity contribution in [3.05, 3.63) is 98.0 Å². The van der Waals surface area contributed by atoms with E-state index in [4.69, 9.17) is 34.8 Å². The minimum atomic E-state index is -0.742. The molecule has 5 nitrogen and oxygen atoms in total. The summed E-state index contributed by atoms with van der Waals surface area (Å²) in [5.74, 6) is 0. The molecule has 8 heteroatoms. The van der Waals surface area contributed by atoms with E-state index in [0.717, 1.165) is 22.3 Å². The number of hydrazone groups is 1. The van der Waals surface area contributed by atoms with Crippen LogP contribution in [0, 0.1) is 0 Å². The van der Waals surface area contributed by atoms with Crippen LogP contribution in [0.1, 0.15) is 28.4 Å². The van der Waals surface area contributed by atoms with Crippen molar-refractivity contribution >= 4 is 52.7 Å². The maximum Gasteiger partial charge on any atom is 0.342 e. The summed E-state index contributed by atoms with van der Waals surface area (Å²) >= 11 is 18.9. The Morgan fingerprint density at radius 3 is 2.13 bits per heavy atom. The maximum absolute atomic E-state index is 12.0. The summed E-state index contributed by atoms with van der Waals surface area (Å²) < 4.78 is 0. The van der Waals surface area contributed by atoms with Crippen molar-refractivity contribution in [2.24, 2.45) is 5.10 Å². The normalized spacial score (nSPS) is 14.5. The van der Waals surface area contributed by atoms with Crippen molar-refractivity contribution in [1.82, 2.24) is 5.32 Å². The van der Waals surface area contributed by atoms with Crippen molar-refractivity contribution in [1.29, 1.82) is 0 Å². The average molecular weight is 475 g/mol. The molecule has 1 heterocycles. The fraction of sp³-hybridized carbons (Fsp3) is 0.130.